The van der Waals surface area contributed by atoms with Gasteiger partial charge in [0.05, 0.1) is 28.0 Å². The van der Waals surface area contributed by atoms with Crippen molar-refractivity contribution >= 4 is 44.9 Å². The molecule has 0 aliphatic carbocycles. The minimum absolute atomic E-state index is 0.0195. The molecule has 1 aromatic carbocycles. The number of benzene rings is 1. The van der Waals surface area contributed by atoms with Crippen molar-refractivity contribution in [2.24, 2.45) is 5.92 Å². The lowest BCUT2D eigenvalue weighted by molar-refractivity contribution is -0.120. The van der Waals surface area contributed by atoms with Gasteiger partial charge in [-0.05, 0) is 56.3 Å². The molecule has 5 rings (SSSR count). The van der Waals surface area contributed by atoms with Crippen LogP contribution in [0.15, 0.2) is 24.4 Å². The van der Waals surface area contributed by atoms with Gasteiger partial charge in [0.2, 0.25) is 5.91 Å². The van der Waals surface area contributed by atoms with Crippen LogP contribution < -0.4 is 10.2 Å². The molecule has 0 atom stereocenters. The summed E-state index contributed by atoms with van der Waals surface area (Å²) in [6, 6.07) is 3.00. The standard InChI is InChI=1S/C24H25F2N5O2S/c1-14-20-21(17(13-27-23(20)34-29-14)24(33)31-8-2-3-9-31)30-10-6-15(7-11-30)22(32)28-19-12-16(25)4-5-18(19)26/h4-5,12-13,15H,2-3,6-11H2,1H3,(H,28,32). The second-order valence-corrected chi connectivity index (χ2v) is 9.59. The molecule has 2 fully saturated rings. The zero-order chi connectivity index (χ0) is 23.8. The van der Waals surface area contributed by atoms with Gasteiger partial charge in [-0.2, -0.15) is 4.37 Å². The number of pyridine rings is 1. The van der Waals surface area contributed by atoms with Crippen molar-refractivity contribution in [3.63, 3.8) is 0 Å². The van der Waals surface area contributed by atoms with Gasteiger partial charge in [0.25, 0.3) is 5.91 Å². The number of piperidine rings is 1. The van der Waals surface area contributed by atoms with Gasteiger partial charge in [-0.1, -0.05) is 0 Å². The van der Waals surface area contributed by atoms with Gasteiger partial charge >= 0.3 is 0 Å². The maximum Gasteiger partial charge on any atom is 0.257 e. The summed E-state index contributed by atoms with van der Waals surface area (Å²) < 4.78 is 31.9. The van der Waals surface area contributed by atoms with Crippen LogP contribution in [0.5, 0.6) is 0 Å². The van der Waals surface area contributed by atoms with Crippen molar-refractivity contribution in [1.82, 2.24) is 14.3 Å². The van der Waals surface area contributed by atoms with Crippen molar-refractivity contribution in [3.05, 3.63) is 47.3 Å². The number of hydrogen-bond donors (Lipinski definition) is 1. The van der Waals surface area contributed by atoms with Crippen LogP contribution in [0, 0.1) is 24.5 Å². The van der Waals surface area contributed by atoms with Crippen molar-refractivity contribution in [2.75, 3.05) is 36.4 Å². The first-order chi connectivity index (χ1) is 16.4. The molecule has 2 saturated heterocycles. The summed E-state index contributed by atoms with van der Waals surface area (Å²) in [5.41, 5.74) is 2.09. The molecule has 2 aliphatic rings. The van der Waals surface area contributed by atoms with E-state index in [4.69, 9.17) is 0 Å². The Morgan fingerprint density at radius 2 is 1.85 bits per heavy atom. The molecule has 7 nitrogen and oxygen atoms in total. The van der Waals surface area contributed by atoms with Crippen LogP contribution in [-0.4, -0.2) is 52.3 Å². The van der Waals surface area contributed by atoms with E-state index in [2.05, 4.69) is 19.6 Å². The van der Waals surface area contributed by atoms with E-state index >= 15 is 0 Å². The van der Waals surface area contributed by atoms with E-state index in [1.165, 1.54) is 11.5 Å². The second-order valence-electron chi connectivity index (χ2n) is 8.84. The number of anilines is 2. The van der Waals surface area contributed by atoms with E-state index in [-0.39, 0.29) is 23.4 Å². The quantitative estimate of drug-likeness (QED) is 0.594. The van der Waals surface area contributed by atoms with Gasteiger partial charge in [-0.25, -0.2) is 13.8 Å². The predicted octanol–water partition coefficient (Wildman–Crippen LogP) is 4.37. The SMILES string of the molecule is Cc1nsc2ncc(C(=O)N3CCCC3)c(N3CCC(C(=O)Nc4cc(F)ccc4F)CC3)c12. The van der Waals surface area contributed by atoms with Gasteiger partial charge in [0.15, 0.2) is 0 Å². The number of carbonyl (C=O) groups is 2. The number of carbonyl (C=O) groups excluding carboxylic acids is 2. The Morgan fingerprint density at radius 1 is 1.12 bits per heavy atom. The number of nitrogens with zero attached hydrogens (tertiary/aromatic N) is 4. The van der Waals surface area contributed by atoms with Crippen molar-refractivity contribution in [2.45, 2.75) is 32.6 Å². The van der Waals surface area contributed by atoms with Gasteiger partial charge in [0.1, 0.15) is 16.5 Å². The largest absolute Gasteiger partial charge is 0.370 e. The first kappa shape index (κ1) is 22.6. The van der Waals surface area contributed by atoms with Gasteiger partial charge in [-0.15, -0.1) is 0 Å². The first-order valence-electron chi connectivity index (χ1n) is 11.5. The number of aryl methyl sites for hydroxylation is 1. The third-order valence-electron chi connectivity index (χ3n) is 6.64. The molecule has 0 bridgehead atoms. The molecule has 2 amide bonds. The molecule has 2 aromatic heterocycles. The number of nitrogens with one attached hydrogen (secondary N) is 1. The molecule has 4 heterocycles. The molecule has 0 unspecified atom stereocenters. The summed E-state index contributed by atoms with van der Waals surface area (Å²) in [6.45, 7) is 4.52. The van der Waals surface area contributed by atoms with E-state index < -0.39 is 11.6 Å². The van der Waals surface area contributed by atoms with E-state index in [1.807, 2.05) is 11.8 Å². The number of aromatic nitrogens is 2. The van der Waals surface area contributed by atoms with Gasteiger partial charge < -0.3 is 15.1 Å². The number of hydrogen-bond acceptors (Lipinski definition) is 6. The average molecular weight is 486 g/mol. The first-order valence-corrected chi connectivity index (χ1v) is 12.2. The van der Waals surface area contributed by atoms with E-state index in [0.717, 1.165) is 65.7 Å². The molecule has 3 aromatic rings. The van der Waals surface area contributed by atoms with Crippen LogP contribution >= 0.6 is 11.5 Å². The summed E-state index contributed by atoms with van der Waals surface area (Å²) in [6.07, 6.45) is 4.72. The highest BCUT2D eigenvalue weighted by Crippen LogP contribution is 2.37. The minimum atomic E-state index is -0.670. The average Bonchev–Trinajstić information content (AvgIpc) is 3.51. The second kappa shape index (κ2) is 9.25. The van der Waals surface area contributed by atoms with Crippen LogP contribution in [0.3, 0.4) is 0 Å². The summed E-state index contributed by atoms with van der Waals surface area (Å²) in [5, 5.41) is 3.41. The Morgan fingerprint density at radius 3 is 2.59 bits per heavy atom. The summed E-state index contributed by atoms with van der Waals surface area (Å²) in [4.78, 5) is 35.4. The Hall–Kier alpha value is -3.14. The highest BCUT2D eigenvalue weighted by Gasteiger charge is 2.31. The third kappa shape index (κ3) is 4.22. The predicted molar refractivity (Wildman–Crippen MR) is 127 cm³/mol. The molecular weight excluding hydrogens is 460 g/mol. The Labute approximate surface area is 199 Å². The fourth-order valence-electron chi connectivity index (χ4n) is 4.81. The molecule has 178 valence electrons. The smallest absolute Gasteiger partial charge is 0.257 e. The molecule has 34 heavy (non-hydrogen) atoms. The molecular formula is C24H25F2N5O2S. The highest BCUT2D eigenvalue weighted by molar-refractivity contribution is 7.13. The number of halogens is 2. The maximum absolute atomic E-state index is 13.9. The number of amides is 2. The van der Waals surface area contributed by atoms with E-state index in [9.17, 15) is 18.4 Å². The lowest BCUT2D eigenvalue weighted by Gasteiger charge is -2.34. The Bertz CT molecular complexity index is 1250. The summed E-state index contributed by atoms with van der Waals surface area (Å²) >= 11 is 1.31. The lowest BCUT2D eigenvalue weighted by Crippen LogP contribution is -2.39. The molecule has 0 spiro atoms. The summed E-state index contributed by atoms with van der Waals surface area (Å²) in [5.74, 6) is -1.96. The van der Waals surface area contributed by atoms with Crippen LogP contribution in [-0.2, 0) is 4.79 Å². The van der Waals surface area contributed by atoms with Crippen LogP contribution in [0.4, 0.5) is 20.2 Å². The molecule has 2 aliphatic heterocycles. The molecule has 1 N–H and O–H groups in total. The van der Waals surface area contributed by atoms with Crippen LogP contribution in [0.25, 0.3) is 10.2 Å². The topological polar surface area (TPSA) is 78.4 Å². The third-order valence-corrected chi connectivity index (χ3v) is 7.49. The molecule has 0 saturated carbocycles. The van der Waals surface area contributed by atoms with Gasteiger partial charge in [-0.3, -0.25) is 9.59 Å². The Balaban J connectivity index is 1.37. The minimum Gasteiger partial charge on any atom is -0.370 e. The zero-order valence-corrected chi connectivity index (χ0v) is 19.6. The van der Waals surface area contributed by atoms with Gasteiger partial charge in [0, 0.05) is 44.4 Å². The number of rotatable bonds is 4. The van der Waals surface area contributed by atoms with E-state index in [0.29, 0.717) is 31.5 Å². The lowest BCUT2D eigenvalue weighted by atomic mass is 9.94. The Kier molecular flexibility index (Phi) is 6.16. The monoisotopic (exact) mass is 485 g/mol. The van der Waals surface area contributed by atoms with Crippen molar-refractivity contribution in [1.29, 1.82) is 0 Å². The van der Waals surface area contributed by atoms with Crippen molar-refractivity contribution in [3.8, 4) is 0 Å². The highest BCUT2D eigenvalue weighted by atomic mass is 32.1. The van der Waals surface area contributed by atoms with Crippen molar-refractivity contribution < 1.29 is 18.4 Å². The zero-order valence-electron chi connectivity index (χ0n) is 18.8. The fraction of sp³-hybridized carbons (Fsp3) is 0.417. The summed E-state index contributed by atoms with van der Waals surface area (Å²) in [7, 11) is 0. The van der Waals surface area contributed by atoms with Crippen LogP contribution in [0.1, 0.15) is 41.7 Å². The number of likely N-dealkylation sites (tertiary alicyclic amines) is 1. The molecule has 10 heteroatoms. The normalized spacial score (nSPS) is 16.9. The molecule has 0 radical (unpaired) electrons. The number of fused-ring (bicyclic) bond motifs is 1. The maximum atomic E-state index is 13.9. The van der Waals surface area contributed by atoms with E-state index in [1.54, 1.807) is 6.20 Å². The fourth-order valence-corrected chi connectivity index (χ4v) is 5.56. The van der Waals surface area contributed by atoms with Crippen LogP contribution in [0.2, 0.25) is 0 Å².